The van der Waals surface area contributed by atoms with Gasteiger partial charge in [0.05, 0.1) is 6.04 Å². The van der Waals surface area contributed by atoms with Crippen molar-refractivity contribution < 1.29 is 25.3 Å². The van der Waals surface area contributed by atoms with Gasteiger partial charge in [0.1, 0.15) is 0 Å². The minimum atomic E-state index is -1.57. The van der Waals surface area contributed by atoms with E-state index in [2.05, 4.69) is 4.99 Å². The van der Waals surface area contributed by atoms with Crippen molar-refractivity contribution in [2.24, 2.45) is 0 Å². The first-order valence-electron chi connectivity index (χ1n) is 3.60. The molecule has 2 atom stereocenters. The molecule has 0 bridgehead atoms. The van der Waals surface area contributed by atoms with Crippen LogP contribution in [0.25, 0.3) is 0 Å². The first kappa shape index (κ1) is 11.3. The Morgan fingerprint density at radius 1 is 1.67 bits per heavy atom. The number of carbonyl (C=O) groups is 1. The molecule has 4 N–H and O–H groups in total. The second-order valence-electron chi connectivity index (χ2n) is 2.39. The van der Waals surface area contributed by atoms with Gasteiger partial charge in [-0.2, -0.15) is 5.48 Å². The van der Waals surface area contributed by atoms with Gasteiger partial charge in [-0.05, 0) is 6.42 Å². The van der Waals surface area contributed by atoms with Crippen LogP contribution in [0.2, 0.25) is 0 Å². The molecule has 72 valence electrons. The van der Waals surface area contributed by atoms with Gasteiger partial charge in [-0.15, -0.1) is 4.99 Å². The number of aliphatic carboxylic acids is 1. The summed E-state index contributed by atoms with van der Waals surface area (Å²) in [5.41, 5.74) is 1.99. The van der Waals surface area contributed by atoms with E-state index in [1.165, 1.54) is 0 Å². The summed E-state index contributed by atoms with van der Waals surface area (Å²) in [6.07, 6.45) is -0.503. The molecule has 12 heavy (non-hydrogen) atoms. The fourth-order valence-corrected chi connectivity index (χ4v) is 0.832. The van der Waals surface area contributed by atoms with Gasteiger partial charge >= 0.3 is 5.97 Å². The first-order chi connectivity index (χ1) is 5.63. The maximum atomic E-state index is 10.3. The number of rotatable bonds is 6. The van der Waals surface area contributed by atoms with Crippen LogP contribution in [-0.4, -0.2) is 33.6 Å². The highest BCUT2D eigenvalue weighted by Gasteiger charge is 2.24. The molecule has 6 nitrogen and oxygen atoms in total. The van der Waals surface area contributed by atoms with Crippen LogP contribution in [0.5, 0.6) is 0 Å². The van der Waals surface area contributed by atoms with E-state index in [1.807, 2.05) is 12.4 Å². The quantitative estimate of drug-likeness (QED) is 0.327. The molecule has 0 fully saturated rings. The lowest BCUT2D eigenvalue weighted by Crippen LogP contribution is -2.43. The SMILES string of the molecule is CCCC(NOO)C(O)C(=O)O. The topological polar surface area (TPSA) is 99.0 Å². The zero-order valence-electron chi connectivity index (χ0n) is 6.73. The molecule has 0 amide bonds. The molecule has 0 aromatic rings. The Morgan fingerprint density at radius 3 is 2.58 bits per heavy atom. The summed E-state index contributed by atoms with van der Waals surface area (Å²) < 4.78 is 0. The van der Waals surface area contributed by atoms with Gasteiger partial charge < -0.3 is 10.2 Å². The largest absolute Gasteiger partial charge is 0.479 e. The van der Waals surface area contributed by atoms with Crippen LogP contribution in [-0.2, 0) is 9.78 Å². The Hall–Kier alpha value is -0.690. The highest BCUT2D eigenvalue weighted by molar-refractivity contribution is 5.72. The Bertz CT molecular complexity index is 134. The summed E-state index contributed by atoms with van der Waals surface area (Å²) in [6.45, 7) is 1.82. The molecule has 0 spiro atoms. The lowest BCUT2D eigenvalue weighted by atomic mass is 10.1. The molecule has 0 saturated heterocycles. The summed E-state index contributed by atoms with van der Waals surface area (Å²) in [7, 11) is 0. The standard InChI is InChI=1S/C6H13NO5/c1-2-3-4(7-12-11)5(8)6(9)10/h4-5,7-8,11H,2-3H2,1H3,(H,9,10). The van der Waals surface area contributed by atoms with Gasteiger partial charge in [-0.3, -0.25) is 0 Å². The number of hydrogen-bond donors (Lipinski definition) is 4. The van der Waals surface area contributed by atoms with Crippen LogP contribution in [0.1, 0.15) is 19.8 Å². The van der Waals surface area contributed by atoms with Gasteiger partial charge in [-0.25, -0.2) is 10.1 Å². The third-order valence-corrected chi connectivity index (χ3v) is 1.44. The van der Waals surface area contributed by atoms with Gasteiger partial charge in [0.15, 0.2) is 6.10 Å². The molecule has 0 aliphatic heterocycles. The number of aliphatic hydroxyl groups is 1. The maximum absolute atomic E-state index is 10.3. The summed E-state index contributed by atoms with van der Waals surface area (Å²) >= 11 is 0. The van der Waals surface area contributed by atoms with Crippen molar-refractivity contribution in [1.29, 1.82) is 0 Å². The average molecular weight is 179 g/mol. The van der Waals surface area contributed by atoms with Crippen molar-refractivity contribution in [1.82, 2.24) is 5.48 Å². The van der Waals surface area contributed by atoms with E-state index in [9.17, 15) is 4.79 Å². The summed E-state index contributed by atoms with van der Waals surface area (Å²) in [5, 5.41) is 25.4. The van der Waals surface area contributed by atoms with Crippen LogP contribution in [0.4, 0.5) is 0 Å². The highest BCUT2D eigenvalue weighted by Crippen LogP contribution is 2.02. The maximum Gasteiger partial charge on any atom is 0.334 e. The smallest absolute Gasteiger partial charge is 0.334 e. The molecule has 0 heterocycles. The normalized spacial score (nSPS) is 15.6. The van der Waals surface area contributed by atoms with Crippen LogP contribution in [0.3, 0.4) is 0 Å². The molecule has 0 aliphatic rings. The van der Waals surface area contributed by atoms with E-state index in [1.54, 1.807) is 0 Å². The molecule has 0 radical (unpaired) electrons. The van der Waals surface area contributed by atoms with Crippen LogP contribution < -0.4 is 5.48 Å². The molecular formula is C6H13NO5. The third kappa shape index (κ3) is 3.63. The lowest BCUT2D eigenvalue weighted by Gasteiger charge is -2.17. The molecule has 0 aromatic heterocycles. The Kier molecular flexibility index (Phi) is 5.56. The zero-order chi connectivity index (χ0) is 9.56. The Labute approximate surface area is 69.7 Å². The number of nitrogens with one attached hydrogen (secondary N) is 1. The van der Waals surface area contributed by atoms with Gasteiger partial charge in [0.25, 0.3) is 0 Å². The van der Waals surface area contributed by atoms with Crippen molar-refractivity contribution in [3.8, 4) is 0 Å². The van der Waals surface area contributed by atoms with Crippen molar-refractivity contribution in [3.63, 3.8) is 0 Å². The van der Waals surface area contributed by atoms with Crippen molar-refractivity contribution in [2.45, 2.75) is 31.9 Å². The molecule has 0 aliphatic carbocycles. The second kappa shape index (κ2) is 5.90. The molecule has 0 rings (SSSR count). The van der Waals surface area contributed by atoms with Crippen LogP contribution in [0, 0.1) is 0 Å². The summed E-state index contributed by atoms with van der Waals surface area (Å²) in [5.74, 6) is -1.35. The van der Waals surface area contributed by atoms with Gasteiger partial charge in [0.2, 0.25) is 0 Å². The zero-order valence-corrected chi connectivity index (χ0v) is 6.73. The Balaban J connectivity index is 3.98. The summed E-state index contributed by atoms with van der Waals surface area (Å²) in [6, 6.07) is -0.794. The average Bonchev–Trinajstić information content (AvgIpc) is 2.03. The van der Waals surface area contributed by atoms with Gasteiger partial charge in [-0.1, -0.05) is 13.3 Å². The van der Waals surface area contributed by atoms with E-state index < -0.39 is 18.1 Å². The van der Waals surface area contributed by atoms with Crippen molar-refractivity contribution in [3.05, 3.63) is 0 Å². The third-order valence-electron chi connectivity index (χ3n) is 1.44. The van der Waals surface area contributed by atoms with Crippen molar-refractivity contribution >= 4 is 5.97 Å². The van der Waals surface area contributed by atoms with Gasteiger partial charge in [0, 0.05) is 0 Å². The Morgan fingerprint density at radius 2 is 2.25 bits per heavy atom. The van der Waals surface area contributed by atoms with E-state index >= 15 is 0 Å². The van der Waals surface area contributed by atoms with Crippen molar-refractivity contribution in [2.75, 3.05) is 0 Å². The molecular weight excluding hydrogens is 166 g/mol. The number of aliphatic hydroxyl groups excluding tert-OH is 1. The number of carboxylic acid groups (broad SMARTS) is 1. The highest BCUT2D eigenvalue weighted by atomic mass is 17.2. The minimum Gasteiger partial charge on any atom is -0.479 e. The van der Waals surface area contributed by atoms with Crippen LogP contribution >= 0.6 is 0 Å². The number of hydroxylamine groups is 1. The van der Waals surface area contributed by atoms with Crippen LogP contribution in [0.15, 0.2) is 0 Å². The lowest BCUT2D eigenvalue weighted by molar-refractivity contribution is -0.303. The predicted octanol–water partition coefficient (Wildman–Crippen LogP) is -0.405. The fourth-order valence-electron chi connectivity index (χ4n) is 0.832. The fraction of sp³-hybridized carbons (Fsp3) is 0.833. The summed E-state index contributed by atoms with van der Waals surface area (Å²) in [4.78, 5) is 13.8. The molecule has 6 heteroatoms. The number of carboxylic acids is 1. The van der Waals surface area contributed by atoms with E-state index in [4.69, 9.17) is 15.5 Å². The molecule has 0 saturated carbocycles. The minimum absolute atomic E-state index is 0.397. The second-order valence-corrected chi connectivity index (χ2v) is 2.39. The monoisotopic (exact) mass is 179 g/mol. The van der Waals surface area contributed by atoms with E-state index in [-0.39, 0.29) is 0 Å². The molecule has 0 aromatic carbocycles. The first-order valence-corrected chi connectivity index (χ1v) is 3.60. The number of hydrogen-bond acceptors (Lipinski definition) is 5. The molecule has 2 unspecified atom stereocenters. The van der Waals surface area contributed by atoms with E-state index in [0.29, 0.717) is 12.8 Å². The van der Waals surface area contributed by atoms with E-state index in [0.717, 1.165) is 0 Å². The predicted molar refractivity (Wildman–Crippen MR) is 39.2 cm³/mol.